The molecule has 0 unspecified atom stereocenters. The van der Waals surface area contributed by atoms with Crippen molar-refractivity contribution in [2.24, 2.45) is 0 Å². The van der Waals surface area contributed by atoms with E-state index in [-0.39, 0.29) is 6.04 Å². The number of furan rings is 1. The van der Waals surface area contributed by atoms with Gasteiger partial charge in [0.05, 0.1) is 37.7 Å². The summed E-state index contributed by atoms with van der Waals surface area (Å²) in [7, 11) is 0. The van der Waals surface area contributed by atoms with Gasteiger partial charge < -0.3 is 14.5 Å². The van der Waals surface area contributed by atoms with Crippen molar-refractivity contribution in [2.75, 3.05) is 38.2 Å². The van der Waals surface area contributed by atoms with E-state index in [1.54, 1.807) is 0 Å². The third kappa shape index (κ3) is 3.86. The van der Waals surface area contributed by atoms with Crippen LogP contribution in [-0.2, 0) is 11.3 Å². The largest absolute Gasteiger partial charge is 0.459 e. The Labute approximate surface area is 147 Å². The van der Waals surface area contributed by atoms with E-state index in [1.165, 1.54) is 0 Å². The average Bonchev–Trinajstić information content (AvgIpc) is 3.27. The van der Waals surface area contributed by atoms with Gasteiger partial charge >= 0.3 is 0 Å². The maximum Gasteiger partial charge on any atom is 0.134 e. The molecule has 1 saturated heterocycles. The molecule has 1 aliphatic heterocycles. The van der Waals surface area contributed by atoms with Crippen molar-refractivity contribution in [2.45, 2.75) is 19.5 Å². The van der Waals surface area contributed by atoms with Crippen LogP contribution in [0.3, 0.4) is 0 Å². The highest BCUT2D eigenvalue weighted by molar-refractivity contribution is 5.77. The minimum Gasteiger partial charge on any atom is -0.459 e. The van der Waals surface area contributed by atoms with Crippen LogP contribution in [-0.4, -0.2) is 47.5 Å². The molecule has 0 saturated carbocycles. The summed E-state index contributed by atoms with van der Waals surface area (Å²) in [6.45, 7) is 7.68. The van der Waals surface area contributed by atoms with E-state index in [0.717, 1.165) is 61.8 Å². The van der Waals surface area contributed by atoms with Crippen molar-refractivity contribution in [1.29, 1.82) is 0 Å². The molecule has 1 atom stereocenters. The number of anilines is 1. The van der Waals surface area contributed by atoms with Gasteiger partial charge in [-0.1, -0.05) is 18.2 Å². The topological polar surface area (TPSA) is 55.5 Å². The van der Waals surface area contributed by atoms with Gasteiger partial charge in [0, 0.05) is 31.2 Å². The first-order valence-corrected chi connectivity index (χ1v) is 8.85. The van der Waals surface area contributed by atoms with Crippen LogP contribution in [0, 0.1) is 0 Å². The van der Waals surface area contributed by atoms with Crippen LogP contribution in [0.15, 0.2) is 47.1 Å². The number of para-hydroxylation sites is 1. The van der Waals surface area contributed by atoms with Gasteiger partial charge in [-0.15, -0.1) is 0 Å². The van der Waals surface area contributed by atoms with Gasteiger partial charge in [-0.25, -0.2) is 0 Å². The fourth-order valence-electron chi connectivity index (χ4n) is 3.17. The third-order valence-electron chi connectivity index (χ3n) is 4.64. The highest BCUT2D eigenvalue weighted by Gasteiger charge is 2.13. The number of ether oxygens (including phenoxy) is 1. The lowest BCUT2D eigenvalue weighted by Crippen LogP contribution is -2.38. The molecule has 6 nitrogen and oxygen atoms in total. The summed E-state index contributed by atoms with van der Waals surface area (Å²) in [6.07, 6.45) is 3.93. The zero-order valence-electron chi connectivity index (χ0n) is 14.5. The van der Waals surface area contributed by atoms with Gasteiger partial charge in [-0.2, -0.15) is 5.10 Å². The highest BCUT2D eigenvalue weighted by atomic mass is 16.5. The molecule has 25 heavy (non-hydrogen) atoms. The molecule has 0 spiro atoms. The monoisotopic (exact) mass is 340 g/mol. The van der Waals surface area contributed by atoms with Crippen molar-refractivity contribution in [3.8, 4) is 0 Å². The van der Waals surface area contributed by atoms with Crippen LogP contribution in [0.5, 0.6) is 0 Å². The van der Waals surface area contributed by atoms with E-state index in [2.05, 4.69) is 40.6 Å². The second kappa shape index (κ2) is 7.29. The maximum absolute atomic E-state index is 5.93. The van der Waals surface area contributed by atoms with Crippen LogP contribution in [0.25, 0.3) is 11.0 Å². The lowest BCUT2D eigenvalue weighted by Gasteiger charge is -2.26. The van der Waals surface area contributed by atoms with Gasteiger partial charge in [0.2, 0.25) is 0 Å². The standard InChI is InChI=1S/C19H24N4O2/c1-15(19-12-16-4-2-3-5-18(16)25-19)21-17-13-20-23(14-17)7-6-22-8-10-24-11-9-22/h2-5,12-15,21H,6-11H2,1H3/t15-/m1/s1. The summed E-state index contributed by atoms with van der Waals surface area (Å²) < 4.78 is 13.3. The summed E-state index contributed by atoms with van der Waals surface area (Å²) >= 11 is 0. The number of nitrogens with zero attached hydrogens (tertiary/aromatic N) is 3. The molecule has 3 heterocycles. The normalized spacial score (nSPS) is 17.0. The molecule has 4 rings (SSSR count). The molecule has 1 N–H and O–H groups in total. The number of aromatic nitrogens is 2. The molecule has 3 aromatic rings. The SMILES string of the molecule is C[C@@H](Nc1cnn(CCN2CCOCC2)c1)c1cc2ccccc2o1. The van der Waals surface area contributed by atoms with Crippen LogP contribution in [0.2, 0.25) is 0 Å². The first-order valence-electron chi connectivity index (χ1n) is 8.85. The Morgan fingerprint density at radius 3 is 2.88 bits per heavy atom. The second-order valence-corrected chi connectivity index (χ2v) is 6.50. The number of rotatable bonds is 6. The van der Waals surface area contributed by atoms with Crippen LogP contribution in [0.4, 0.5) is 5.69 Å². The number of benzene rings is 1. The average molecular weight is 340 g/mol. The number of hydrogen-bond acceptors (Lipinski definition) is 5. The Bertz CT molecular complexity index is 787. The molecule has 6 heteroatoms. The molecule has 1 aromatic carbocycles. The molecule has 1 fully saturated rings. The van der Waals surface area contributed by atoms with Crippen LogP contribution >= 0.6 is 0 Å². The van der Waals surface area contributed by atoms with E-state index in [9.17, 15) is 0 Å². The lowest BCUT2D eigenvalue weighted by molar-refractivity contribution is 0.0360. The zero-order chi connectivity index (χ0) is 17.1. The lowest BCUT2D eigenvalue weighted by atomic mass is 10.2. The van der Waals surface area contributed by atoms with Gasteiger partial charge in [0.25, 0.3) is 0 Å². The first-order chi connectivity index (χ1) is 12.3. The van der Waals surface area contributed by atoms with Gasteiger partial charge in [-0.05, 0) is 19.1 Å². The summed E-state index contributed by atoms with van der Waals surface area (Å²) in [5.74, 6) is 0.933. The molecule has 1 aliphatic rings. The molecular weight excluding hydrogens is 316 g/mol. The summed E-state index contributed by atoms with van der Waals surface area (Å²) in [6, 6.07) is 10.3. The zero-order valence-corrected chi connectivity index (χ0v) is 14.5. The molecule has 0 radical (unpaired) electrons. The number of fused-ring (bicyclic) bond motifs is 1. The van der Waals surface area contributed by atoms with E-state index < -0.39 is 0 Å². The summed E-state index contributed by atoms with van der Waals surface area (Å²) in [5.41, 5.74) is 1.93. The quantitative estimate of drug-likeness (QED) is 0.747. The minimum atomic E-state index is 0.0873. The van der Waals surface area contributed by atoms with Crippen molar-refractivity contribution in [1.82, 2.24) is 14.7 Å². The van der Waals surface area contributed by atoms with Gasteiger partial charge in [0.15, 0.2) is 0 Å². The minimum absolute atomic E-state index is 0.0873. The fraction of sp³-hybridized carbons (Fsp3) is 0.421. The summed E-state index contributed by atoms with van der Waals surface area (Å²) in [4.78, 5) is 2.41. The molecular formula is C19H24N4O2. The molecule has 132 valence electrons. The van der Waals surface area contributed by atoms with Crippen molar-refractivity contribution in [3.63, 3.8) is 0 Å². The Morgan fingerprint density at radius 1 is 1.20 bits per heavy atom. The third-order valence-corrected chi connectivity index (χ3v) is 4.64. The van der Waals surface area contributed by atoms with E-state index in [0.29, 0.717) is 0 Å². The van der Waals surface area contributed by atoms with Crippen molar-refractivity contribution < 1.29 is 9.15 Å². The molecule has 0 bridgehead atoms. The maximum atomic E-state index is 5.93. The van der Waals surface area contributed by atoms with Crippen molar-refractivity contribution >= 4 is 16.7 Å². The first kappa shape index (κ1) is 16.2. The van der Waals surface area contributed by atoms with E-state index in [1.807, 2.05) is 29.1 Å². The van der Waals surface area contributed by atoms with Crippen LogP contribution < -0.4 is 5.32 Å². The Morgan fingerprint density at radius 2 is 2.04 bits per heavy atom. The van der Waals surface area contributed by atoms with E-state index >= 15 is 0 Å². The molecule has 2 aromatic heterocycles. The number of nitrogens with one attached hydrogen (secondary N) is 1. The second-order valence-electron chi connectivity index (χ2n) is 6.50. The predicted molar refractivity (Wildman–Crippen MR) is 97.7 cm³/mol. The molecule has 0 amide bonds. The smallest absolute Gasteiger partial charge is 0.134 e. The Hall–Kier alpha value is -2.31. The molecule has 0 aliphatic carbocycles. The van der Waals surface area contributed by atoms with Gasteiger partial charge in [0.1, 0.15) is 11.3 Å². The summed E-state index contributed by atoms with van der Waals surface area (Å²) in [5, 5.41) is 9.05. The fourth-order valence-corrected chi connectivity index (χ4v) is 3.17. The Kier molecular flexibility index (Phi) is 4.72. The number of morpholine rings is 1. The van der Waals surface area contributed by atoms with Gasteiger partial charge in [-0.3, -0.25) is 9.58 Å². The Balaban J connectivity index is 1.35. The van der Waals surface area contributed by atoms with Crippen molar-refractivity contribution in [3.05, 3.63) is 48.5 Å². The number of hydrogen-bond donors (Lipinski definition) is 1. The highest BCUT2D eigenvalue weighted by Crippen LogP contribution is 2.26. The van der Waals surface area contributed by atoms with Crippen LogP contribution in [0.1, 0.15) is 18.7 Å². The van der Waals surface area contributed by atoms with E-state index in [4.69, 9.17) is 9.15 Å². The predicted octanol–water partition coefficient (Wildman–Crippen LogP) is 3.13.